The maximum absolute atomic E-state index is 11.6. The van der Waals surface area contributed by atoms with E-state index in [2.05, 4.69) is 20.0 Å². The van der Waals surface area contributed by atoms with E-state index in [-0.39, 0.29) is 5.91 Å². The molecule has 1 heterocycles. The van der Waals surface area contributed by atoms with Crippen molar-refractivity contribution in [1.82, 2.24) is 14.7 Å². The van der Waals surface area contributed by atoms with Crippen molar-refractivity contribution in [2.24, 2.45) is 0 Å². The molecule has 19 heavy (non-hydrogen) atoms. The minimum atomic E-state index is -0.0400. The highest BCUT2D eigenvalue weighted by Crippen LogP contribution is 2.12. The quantitative estimate of drug-likeness (QED) is 0.878. The first-order valence-corrected chi connectivity index (χ1v) is 6.87. The SMILES string of the molecule is CCNC(=O)c1ccc(CNc2nc(C)ns2)cc1. The van der Waals surface area contributed by atoms with Crippen LogP contribution in [0.1, 0.15) is 28.7 Å². The molecule has 0 saturated carbocycles. The van der Waals surface area contributed by atoms with Gasteiger partial charge in [0.05, 0.1) is 0 Å². The Morgan fingerprint density at radius 3 is 2.63 bits per heavy atom. The number of benzene rings is 1. The highest BCUT2D eigenvalue weighted by molar-refractivity contribution is 7.09. The van der Waals surface area contributed by atoms with Gasteiger partial charge in [0.25, 0.3) is 5.91 Å². The van der Waals surface area contributed by atoms with E-state index in [1.165, 1.54) is 11.5 Å². The fraction of sp³-hybridized carbons (Fsp3) is 0.308. The molecule has 1 amide bonds. The molecule has 100 valence electrons. The smallest absolute Gasteiger partial charge is 0.251 e. The molecule has 0 unspecified atom stereocenters. The number of anilines is 1. The lowest BCUT2D eigenvalue weighted by molar-refractivity contribution is 0.0956. The van der Waals surface area contributed by atoms with E-state index in [9.17, 15) is 4.79 Å². The van der Waals surface area contributed by atoms with Crippen molar-refractivity contribution in [1.29, 1.82) is 0 Å². The summed E-state index contributed by atoms with van der Waals surface area (Å²) in [5.74, 6) is 0.737. The van der Waals surface area contributed by atoms with Crippen LogP contribution in [0.25, 0.3) is 0 Å². The van der Waals surface area contributed by atoms with Crippen LogP contribution in [-0.4, -0.2) is 21.8 Å². The molecule has 0 bridgehead atoms. The predicted octanol–water partition coefficient (Wildman–Crippen LogP) is 2.21. The number of nitrogens with one attached hydrogen (secondary N) is 2. The predicted molar refractivity (Wildman–Crippen MR) is 76.4 cm³/mol. The molecule has 1 aromatic heterocycles. The largest absolute Gasteiger partial charge is 0.356 e. The molecule has 0 saturated heterocycles. The van der Waals surface area contributed by atoms with Crippen molar-refractivity contribution in [3.05, 3.63) is 41.2 Å². The van der Waals surface area contributed by atoms with Gasteiger partial charge in [0.2, 0.25) is 5.13 Å². The highest BCUT2D eigenvalue weighted by Gasteiger charge is 2.04. The van der Waals surface area contributed by atoms with Crippen molar-refractivity contribution in [2.75, 3.05) is 11.9 Å². The lowest BCUT2D eigenvalue weighted by Gasteiger charge is -2.05. The Bertz CT molecular complexity index is 550. The molecule has 1 aromatic carbocycles. The molecule has 0 aliphatic rings. The zero-order valence-corrected chi connectivity index (χ0v) is 11.8. The number of aryl methyl sites for hydroxylation is 1. The van der Waals surface area contributed by atoms with Gasteiger partial charge in [-0.15, -0.1) is 0 Å². The van der Waals surface area contributed by atoms with Crippen LogP contribution in [0.5, 0.6) is 0 Å². The van der Waals surface area contributed by atoms with Crippen LogP contribution >= 0.6 is 11.5 Å². The average Bonchev–Trinajstić information content (AvgIpc) is 2.83. The van der Waals surface area contributed by atoms with Crippen molar-refractivity contribution >= 4 is 22.6 Å². The highest BCUT2D eigenvalue weighted by atomic mass is 32.1. The third kappa shape index (κ3) is 3.75. The molecular formula is C13H16N4OS. The Morgan fingerprint density at radius 2 is 2.05 bits per heavy atom. The molecule has 6 heteroatoms. The summed E-state index contributed by atoms with van der Waals surface area (Å²) in [4.78, 5) is 15.8. The molecule has 0 spiro atoms. The average molecular weight is 276 g/mol. The third-order valence-electron chi connectivity index (χ3n) is 2.52. The van der Waals surface area contributed by atoms with E-state index >= 15 is 0 Å². The first kappa shape index (κ1) is 13.5. The van der Waals surface area contributed by atoms with Gasteiger partial charge in [0.1, 0.15) is 5.82 Å². The van der Waals surface area contributed by atoms with Gasteiger partial charge in [-0.25, -0.2) is 4.98 Å². The molecule has 2 aromatic rings. The Morgan fingerprint density at radius 1 is 1.32 bits per heavy atom. The Kier molecular flexibility index (Phi) is 4.46. The second kappa shape index (κ2) is 6.29. The lowest BCUT2D eigenvalue weighted by Crippen LogP contribution is -2.22. The van der Waals surface area contributed by atoms with E-state index < -0.39 is 0 Å². The number of aromatic nitrogens is 2. The number of carbonyl (C=O) groups is 1. The van der Waals surface area contributed by atoms with E-state index in [1.54, 1.807) is 0 Å². The zero-order chi connectivity index (χ0) is 13.7. The molecule has 0 atom stereocenters. The summed E-state index contributed by atoms with van der Waals surface area (Å²) >= 11 is 1.35. The fourth-order valence-corrected chi connectivity index (χ4v) is 2.15. The lowest BCUT2D eigenvalue weighted by atomic mass is 10.1. The number of hydrogen-bond acceptors (Lipinski definition) is 5. The van der Waals surface area contributed by atoms with Crippen molar-refractivity contribution in [2.45, 2.75) is 20.4 Å². The van der Waals surface area contributed by atoms with Crippen molar-refractivity contribution < 1.29 is 4.79 Å². The van der Waals surface area contributed by atoms with E-state index in [4.69, 9.17) is 0 Å². The second-order valence-corrected chi connectivity index (χ2v) is 4.81. The second-order valence-electron chi connectivity index (χ2n) is 4.06. The van der Waals surface area contributed by atoms with Gasteiger partial charge in [-0.1, -0.05) is 12.1 Å². The summed E-state index contributed by atoms with van der Waals surface area (Å²) in [6, 6.07) is 7.53. The van der Waals surface area contributed by atoms with Crippen LogP contribution in [0.3, 0.4) is 0 Å². The third-order valence-corrected chi connectivity index (χ3v) is 3.29. The van der Waals surface area contributed by atoms with E-state index in [0.717, 1.165) is 16.5 Å². The van der Waals surface area contributed by atoms with Gasteiger partial charge in [0, 0.05) is 30.2 Å². The maximum Gasteiger partial charge on any atom is 0.251 e. The van der Waals surface area contributed by atoms with Crippen LogP contribution in [0.4, 0.5) is 5.13 Å². The summed E-state index contributed by atoms with van der Waals surface area (Å²) in [6.45, 7) is 5.08. The van der Waals surface area contributed by atoms with E-state index in [1.807, 2.05) is 38.1 Å². The Balaban J connectivity index is 1.93. The number of nitrogens with zero attached hydrogens (tertiary/aromatic N) is 2. The maximum atomic E-state index is 11.6. The summed E-state index contributed by atoms with van der Waals surface area (Å²) < 4.78 is 4.10. The number of carbonyl (C=O) groups excluding carboxylic acids is 1. The van der Waals surface area contributed by atoms with Gasteiger partial charge in [-0.05, 0) is 31.5 Å². The summed E-state index contributed by atoms with van der Waals surface area (Å²) in [5.41, 5.74) is 1.78. The number of rotatable bonds is 5. The Labute approximate surface area is 116 Å². The molecule has 0 radical (unpaired) electrons. The van der Waals surface area contributed by atoms with Gasteiger partial charge >= 0.3 is 0 Å². The minimum Gasteiger partial charge on any atom is -0.356 e. The molecule has 2 rings (SSSR count). The van der Waals surface area contributed by atoms with Gasteiger partial charge < -0.3 is 10.6 Å². The van der Waals surface area contributed by atoms with Gasteiger partial charge in [0.15, 0.2) is 0 Å². The van der Waals surface area contributed by atoms with Crippen LogP contribution in [0.2, 0.25) is 0 Å². The molecule has 0 aliphatic carbocycles. The van der Waals surface area contributed by atoms with Gasteiger partial charge in [-0.2, -0.15) is 4.37 Å². The van der Waals surface area contributed by atoms with Gasteiger partial charge in [-0.3, -0.25) is 4.79 Å². The molecular weight excluding hydrogens is 260 g/mol. The normalized spacial score (nSPS) is 10.2. The van der Waals surface area contributed by atoms with Crippen LogP contribution in [0, 0.1) is 6.92 Å². The minimum absolute atomic E-state index is 0.0400. The number of hydrogen-bond donors (Lipinski definition) is 2. The molecule has 0 fully saturated rings. The monoisotopic (exact) mass is 276 g/mol. The molecule has 5 nitrogen and oxygen atoms in total. The zero-order valence-electron chi connectivity index (χ0n) is 10.9. The summed E-state index contributed by atoms with van der Waals surface area (Å²) in [5, 5.41) is 6.78. The summed E-state index contributed by atoms with van der Waals surface area (Å²) in [6.07, 6.45) is 0. The van der Waals surface area contributed by atoms with Crippen molar-refractivity contribution in [3.63, 3.8) is 0 Å². The molecule has 0 aliphatic heterocycles. The number of amides is 1. The standard InChI is InChI=1S/C13H16N4OS/c1-3-14-12(18)11-6-4-10(5-7-11)8-15-13-16-9(2)17-19-13/h4-7H,3,8H2,1-2H3,(H,14,18)(H,15,16,17). The first-order valence-electron chi connectivity index (χ1n) is 6.10. The Hall–Kier alpha value is -1.95. The topological polar surface area (TPSA) is 66.9 Å². The van der Waals surface area contributed by atoms with E-state index in [0.29, 0.717) is 18.7 Å². The molecule has 2 N–H and O–H groups in total. The van der Waals surface area contributed by atoms with Crippen LogP contribution in [0.15, 0.2) is 24.3 Å². The fourth-order valence-electron chi connectivity index (χ4n) is 1.58. The van der Waals surface area contributed by atoms with Crippen LogP contribution in [-0.2, 0) is 6.54 Å². The summed E-state index contributed by atoms with van der Waals surface area (Å²) in [7, 11) is 0. The van der Waals surface area contributed by atoms with Crippen LogP contribution < -0.4 is 10.6 Å². The van der Waals surface area contributed by atoms with Crippen molar-refractivity contribution in [3.8, 4) is 0 Å². The first-order chi connectivity index (χ1) is 9.19.